The summed E-state index contributed by atoms with van der Waals surface area (Å²) in [7, 11) is 3.20. The van der Waals surface area contributed by atoms with Gasteiger partial charge >= 0.3 is 12.1 Å². The van der Waals surface area contributed by atoms with Crippen molar-refractivity contribution in [2.45, 2.75) is 89.8 Å². The first-order valence-electron chi connectivity index (χ1n) is 15.3. The summed E-state index contributed by atoms with van der Waals surface area (Å²) in [5.74, 6) is 1.90. The molecule has 3 atom stereocenters. The first-order valence-corrected chi connectivity index (χ1v) is 15.3. The van der Waals surface area contributed by atoms with Crippen molar-refractivity contribution in [3.8, 4) is 5.75 Å². The maximum atomic E-state index is 12.4. The van der Waals surface area contributed by atoms with E-state index in [0.717, 1.165) is 77.1 Å². The standard InChI is InChI=1S/C32H51N3O5/c1-32(2,3)40-31(37)33-16-12-24(13-17-33)7-6-15-34-22-28-20-26(21-30(36)39-5)14-18-35(28)23-27(34)19-25-8-10-29(38-4)11-9-25/h8-11,24,26-28H,6-7,12-23H2,1-5H3/t26?,27-,28+/m0/s1. The summed E-state index contributed by atoms with van der Waals surface area (Å²) in [4.78, 5) is 31.6. The third-order valence-electron chi connectivity index (χ3n) is 8.99. The van der Waals surface area contributed by atoms with Crippen LogP contribution in [0.25, 0.3) is 0 Å². The number of nitrogens with zero attached hydrogens (tertiary/aromatic N) is 3. The molecular formula is C32H51N3O5. The molecule has 1 aromatic rings. The Kier molecular flexibility index (Phi) is 10.7. The Balaban J connectivity index is 1.31. The van der Waals surface area contributed by atoms with Crippen LogP contribution < -0.4 is 4.74 Å². The third kappa shape index (κ3) is 8.84. The second-order valence-corrected chi connectivity index (χ2v) is 13.1. The van der Waals surface area contributed by atoms with E-state index < -0.39 is 5.60 Å². The molecule has 4 rings (SSSR count). The molecule has 3 saturated heterocycles. The fourth-order valence-electron chi connectivity index (χ4n) is 6.74. The van der Waals surface area contributed by atoms with E-state index in [1.807, 2.05) is 25.7 Å². The van der Waals surface area contributed by atoms with Crippen LogP contribution in [-0.4, -0.2) is 97.9 Å². The summed E-state index contributed by atoms with van der Waals surface area (Å²) in [5, 5.41) is 0. The van der Waals surface area contributed by atoms with Crippen molar-refractivity contribution in [2.75, 3.05) is 53.5 Å². The number of benzene rings is 1. The molecule has 0 radical (unpaired) electrons. The molecule has 1 aromatic carbocycles. The lowest BCUT2D eigenvalue weighted by Crippen LogP contribution is -2.61. The van der Waals surface area contributed by atoms with Gasteiger partial charge in [-0.25, -0.2) is 4.79 Å². The summed E-state index contributed by atoms with van der Waals surface area (Å²) < 4.78 is 15.9. The summed E-state index contributed by atoms with van der Waals surface area (Å²) >= 11 is 0. The van der Waals surface area contributed by atoms with E-state index >= 15 is 0 Å². The number of esters is 1. The molecule has 0 aromatic heterocycles. The monoisotopic (exact) mass is 557 g/mol. The molecule has 3 aliphatic rings. The highest BCUT2D eigenvalue weighted by molar-refractivity contribution is 5.69. The maximum absolute atomic E-state index is 12.4. The number of hydrogen-bond acceptors (Lipinski definition) is 7. The average molecular weight is 558 g/mol. The number of carbonyl (C=O) groups excluding carboxylic acids is 2. The second kappa shape index (κ2) is 14.0. The van der Waals surface area contributed by atoms with Gasteiger partial charge in [0.2, 0.25) is 0 Å². The minimum Gasteiger partial charge on any atom is -0.497 e. The summed E-state index contributed by atoms with van der Waals surface area (Å²) in [6.45, 7) is 11.7. The number of ether oxygens (including phenoxy) is 3. The molecule has 3 aliphatic heterocycles. The lowest BCUT2D eigenvalue weighted by Gasteiger charge is -2.50. The van der Waals surface area contributed by atoms with Crippen LogP contribution in [0, 0.1) is 11.8 Å². The molecule has 3 heterocycles. The van der Waals surface area contributed by atoms with Gasteiger partial charge in [-0.3, -0.25) is 14.6 Å². The summed E-state index contributed by atoms with van der Waals surface area (Å²) in [6, 6.07) is 9.51. The number of carbonyl (C=O) groups is 2. The molecule has 8 nitrogen and oxygen atoms in total. The zero-order valence-corrected chi connectivity index (χ0v) is 25.4. The lowest BCUT2D eigenvalue weighted by atomic mass is 9.85. The quantitative estimate of drug-likeness (QED) is 0.396. The SMILES string of the molecule is COC(=O)CC1CCN2C[C@H](Cc3ccc(OC)cc3)N(CCCC3CCN(C(=O)OC(C)(C)C)CC3)C[C@H]2C1. The second-order valence-electron chi connectivity index (χ2n) is 13.1. The van der Waals surface area contributed by atoms with Gasteiger partial charge in [-0.15, -0.1) is 0 Å². The first-order chi connectivity index (χ1) is 19.1. The summed E-state index contributed by atoms with van der Waals surface area (Å²) in [6.07, 6.45) is 8.03. The zero-order chi connectivity index (χ0) is 28.7. The normalized spacial score (nSPS) is 24.8. The molecule has 40 heavy (non-hydrogen) atoms. The van der Waals surface area contributed by atoms with Crippen LogP contribution in [0.3, 0.4) is 0 Å². The van der Waals surface area contributed by atoms with Crippen LogP contribution in [0.5, 0.6) is 5.75 Å². The summed E-state index contributed by atoms with van der Waals surface area (Å²) in [5.41, 5.74) is 0.905. The van der Waals surface area contributed by atoms with Crippen molar-refractivity contribution < 1.29 is 23.8 Å². The minimum atomic E-state index is -0.446. The molecule has 0 N–H and O–H groups in total. The van der Waals surface area contributed by atoms with E-state index in [0.29, 0.717) is 30.3 Å². The van der Waals surface area contributed by atoms with E-state index in [-0.39, 0.29) is 12.1 Å². The number of methoxy groups -OCH3 is 2. The Hall–Kier alpha value is -2.32. The lowest BCUT2D eigenvalue weighted by molar-refractivity contribution is -0.142. The third-order valence-corrected chi connectivity index (χ3v) is 8.99. The number of rotatable bonds is 9. The molecule has 8 heteroatoms. The predicted molar refractivity (Wildman–Crippen MR) is 157 cm³/mol. The van der Waals surface area contributed by atoms with Gasteiger partial charge in [0.15, 0.2) is 0 Å². The Morgan fingerprint density at radius 1 is 0.950 bits per heavy atom. The van der Waals surface area contributed by atoms with Crippen LogP contribution in [0.4, 0.5) is 4.79 Å². The number of fused-ring (bicyclic) bond motifs is 1. The fourth-order valence-corrected chi connectivity index (χ4v) is 6.74. The van der Waals surface area contributed by atoms with Crippen molar-refractivity contribution in [1.82, 2.24) is 14.7 Å². The van der Waals surface area contributed by atoms with Gasteiger partial charge in [0.1, 0.15) is 11.4 Å². The maximum Gasteiger partial charge on any atom is 0.410 e. The van der Waals surface area contributed by atoms with E-state index in [4.69, 9.17) is 14.2 Å². The van der Waals surface area contributed by atoms with Crippen molar-refractivity contribution in [3.05, 3.63) is 29.8 Å². The van der Waals surface area contributed by atoms with Gasteiger partial charge in [0, 0.05) is 44.7 Å². The minimum absolute atomic E-state index is 0.0822. The van der Waals surface area contributed by atoms with Crippen LogP contribution in [-0.2, 0) is 20.7 Å². The number of likely N-dealkylation sites (tertiary alicyclic amines) is 1. The first kappa shape index (κ1) is 30.6. The number of hydrogen-bond donors (Lipinski definition) is 0. The predicted octanol–water partition coefficient (Wildman–Crippen LogP) is 4.99. The van der Waals surface area contributed by atoms with Gasteiger partial charge in [-0.2, -0.15) is 0 Å². The number of piperazine rings is 1. The van der Waals surface area contributed by atoms with Gasteiger partial charge in [-0.05, 0) is 108 Å². The van der Waals surface area contributed by atoms with Gasteiger partial charge in [0.25, 0.3) is 0 Å². The highest BCUT2D eigenvalue weighted by atomic mass is 16.6. The molecule has 1 unspecified atom stereocenters. The molecular weight excluding hydrogens is 506 g/mol. The molecule has 0 bridgehead atoms. The van der Waals surface area contributed by atoms with Gasteiger partial charge in [0.05, 0.1) is 14.2 Å². The fraction of sp³-hybridized carbons (Fsp3) is 0.750. The van der Waals surface area contributed by atoms with Crippen molar-refractivity contribution in [1.29, 1.82) is 0 Å². The molecule has 1 amide bonds. The Labute approximate surface area is 241 Å². The van der Waals surface area contributed by atoms with Gasteiger partial charge < -0.3 is 19.1 Å². The molecule has 224 valence electrons. The van der Waals surface area contributed by atoms with Crippen LogP contribution in [0.15, 0.2) is 24.3 Å². The highest BCUT2D eigenvalue weighted by Gasteiger charge is 2.38. The molecule has 0 aliphatic carbocycles. The van der Waals surface area contributed by atoms with Crippen LogP contribution in [0.2, 0.25) is 0 Å². The highest BCUT2D eigenvalue weighted by Crippen LogP contribution is 2.32. The average Bonchev–Trinajstić information content (AvgIpc) is 2.93. The molecule has 0 saturated carbocycles. The Morgan fingerprint density at radius 2 is 1.65 bits per heavy atom. The Morgan fingerprint density at radius 3 is 2.30 bits per heavy atom. The van der Waals surface area contributed by atoms with E-state index in [1.165, 1.54) is 25.5 Å². The smallest absolute Gasteiger partial charge is 0.410 e. The van der Waals surface area contributed by atoms with E-state index in [2.05, 4.69) is 34.1 Å². The molecule has 0 spiro atoms. The van der Waals surface area contributed by atoms with Crippen LogP contribution >= 0.6 is 0 Å². The topological polar surface area (TPSA) is 71.5 Å². The van der Waals surface area contributed by atoms with E-state index in [1.54, 1.807) is 7.11 Å². The largest absolute Gasteiger partial charge is 0.497 e. The number of piperidine rings is 2. The Bertz CT molecular complexity index is 954. The van der Waals surface area contributed by atoms with Gasteiger partial charge in [-0.1, -0.05) is 12.1 Å². The van der Waals surface area contributed by atoms with E-state index in [9.17, 15) is 9.59 Å². The van der Waals surface area contributed by atoms with Crippen molar-refractivity contribution in [2.24, 2.45) is 11.8 Å². The van der Waals surface area contributed by atoms with Crippen molar-refractivity contribution in [3.63, 3.8) is 0 Å². The number of amides is 1. The molecule has 3 fully saturated rings. The van der Waals surface area contributed by atoms with Crippen LogP contribution in [0.1, 0.15) is 71.3 Å². The zero-order valence-electron chi connectivity index (χ0n) is 25.4. The van der Waals surface area contributed by atoms with Crippen molar-refractivity contribution >= 4 is 12.1 Å².